The van der Waals surface area contributed by atoms with Crippen molar-refractivity contribution in [1.82, 2.24) is 5.32 Å². The first kappa shape index (κ1) is 20.9. The predicted octanol–water partition coefficient (Wildman–Crippen LogP) is 5.23. The minimum atomic E-state index is -4.78. The lowest BCUT2D eigenvalue weighted by Gasteiger charge is -2.14. The Balaban J connectivity index is 1.56. The highest BCUT2D eigenvalue weighted by molar-refractivity contribution is 8.18. The standard InChI is InChI=1S/C21H13F4N3O2S/c22-15-8-11(9-18-19(29)28-20(31-18)27-13-3-4-13)1-6-17(15)30-16-5-2-12(10-26)7-14(16)21(23,24)25/h1-2,5-9,13H,3-4H2,(H,27,28,29). The van der Waals surface area contributed by atoms with Gasteiger partial charge in [0.05, 0.1) is 28.1 Å². The Kier molecular flexibility index (Phi) is 5.45. The molecule has 2 aromatic rings. The first-order chi connectivity index (χ1) is 14.7. The summed E-state index contributed by atoms with van der Waals surface area (Å²) in [5.74, 6) is -2.29. The van der Waals surface area contributed by atoms with Crippen molar-refractivity contribution in [2.45, 2.75) is 25.1 Å². The highest BCUT2D eigenvalue weighted by Crippen LogP contribution is 2.39. The molecule has 2 fully saturated rings. The fourth-order valence-electron chi connectivity index (χ4n) is 2.73. The Labute approximate surface area is 178 Å². The summed E-state index contributed by atoms with van der Waals surface area (Å²) in [6, 6.07) is 8.28. The minimum absolute atomic E-state index is 0.195. The topological polar surface area (TPSA) is 74.5 Å². The Morgan fingerprint density at radius 3 is 2.58 bits per heavy atom. The van der Waals surface area contributed by atoms with Gasteiger partial charge in [-0.2, -0.15) is 18.4 Å². The Hall–Kier alpha value is -3.32. The lowest BCUT2D eigenvalue weighted by Crippen LogP contribution is -2.20. The van der Waals surface area contributed by atoms with Crippen LogP contribution in [0.1, 0.15) is 29.5 Å². The molecule has 1 aliphatic carbocycles. The molecule has 0 spiro atoms. The van der Waals surface area contributed by atoms with E-state index in [1.54, 1.807) is 6.07 Å². The van der Waals surface area contributed by atoms with Crippen LogP contribution in [-0.4, -0.2) is 17.1 Å². The molecule has 2 aromatic carbocycles. The molecule has 5 nitrogen and oxygen atoms in total. The van der Waals surface area contributed by atoms with E-state index in [0.29, 0.717) is 21.7 Å². The molecule has 0 aromatic heterocycles. The molecule has 0 radical (unpaired) electrons. The Morgan fingerprint density at radius 1 is 1.19 bits per heavy atom. The molecule has 31 heavy (non-hydrogen) atoms. The number of alkyl halides is 3. The van der Waals surface area contributed by atoms with Gasteiger partial charge in [-0.05, 0) is 66.6 Å². The summed E-state index contributed by atoms with van der Waals surface area (Å²) in [5.41, 5.74) is -1.04. The van der Waals surface area contributed by atoms with E-state index in [1.165, 1.54) is 18.2 Å². The third-order valence-electron chi connectivity index (χ3n) is 4.39. The van der Waals surface area contributed by atoms with Gasteiger partial charge in [-0.25, -0.2) is 4.39 Å². The number of carbonyl (C=O) groups is 1. The summed E-state index contributed by atoms with van der Waals surface area (Å²) in [5, 5.41) is 12.0. The van der Waals surface area contributed by atoms with Gasteiger partial charge in [0.2, 0.25) is 0 Å². The molecule has 10 heteroatoms. The number of ether oxygens (including phenoxy) is 1. The van der Waals surface area contributed by atoms with E-state index in [4.69, 9.17) is 10.00 Å². The average molecular weight is 447 g/mol. The van der Waals surface area contributed by atoms with Crippen LogP contribution in [0.4, 0.5) is 17.6 Å². The molecule has 1 aliphatic heterocycles. The van der Waals surface area contributed by atoms with Crippen molar-refractivity contribution in [3.8, 4) is 17.6 Å². The largest absolute Gasteiger partial charge is 0.454 e. The highest BCUT2D eigenvalue weighted by atomic mass is 32.2. The van der Waals surface area contributed by atoms with E-state index >= 15 is 0 Å². The zero-order valence-corrected chi connectivity index (χ0v) is 16.5. The summed E-state index contributed by atoms with van der Waals surface area (Å²) >= 11 is 1.15. The van der Waals surface area contributed by atoms with Gasteiger partial charge in [0.25, 0.3) is 5.91 Å². The maximum atomic E-state index is 14.5. The van der Waals surface area contributed by atoms with Gasteiger partial charge >= 0.3 is 6.18 Å². The fourth-order valence-corrected chi connectivity index (χ4v) is 3.62. The van der Waals surface area contributed by atoms with Gasteiger partial charge in [0.15, 0.2) is 16.7 Å². The van der Waals surface area contributed by atoms with Crippen molar-refractivity contribution in [3.05, 3.63) is 63.8 Å². The van der Waals surface area contributed by atoms with Crippen molar-refractivity contribution < 1.29 is 27.1 Å². The molecule has 1 amide bonds. The number of benzene rings is 2. The van der Waals surface area contributed by atoms with E-state index in [9.17, 15) is 22.4 Å². The Bertz CT molecular complexity index is 1160. The normalized spacial score (nSPS) is 18.9. The maximum absolute atomic E-state index is 14.5. The number of nitrogens with one attached hydrogen (secondary N) is 1. The molecule has 1 heterocycles. The predicted molar refractivity (Wildman–Crippen MR) is 107 cm³/mol. The summed E-state index contributed by atoms with van der Waals surface area (Å²) in [6.07, 6.45) is -1.34. The first-order valence-corrected chi connectivity index (χ1v) is 9.92. The molecule has 4 rings (SSSR count). The molecule has 1 N–H and O–H groups in total. The van der Waals surface area contributed by atoms with E-state index in [1.807, 2.05) is 0 Å². The molecule has 0 atom stereocenters. The minimum Gasteiger partial charge on any atom is -0.454 e. The number of aliphatic imine (C=N–C) groups is 1. The lowest BCUT2D eigenvalue weighted by molar-refractivity contribution is -0.138. The third kappa shape index (κ3) is 4.88. The SMILES string of the molecule is N#Cc1ccc(Oc2ccc(C=C3SC(=NC4CC4)NC3=O)cc2F)c(C(F)(F)F)c1. The van der Waals surface area contributed by atoms with Gasteiger partial charge in [0, 0.05) is 0 Å². The lowest BCUT2D eigenvalue weighted by atomic mass is 10.1. The van der Waals surface area contributed by atoms with Crippen molar-refractivity contribution in [3.63, 3.8) is 0 Å². The number of nitriles is 1. The van der Waals surface area contributed by atoms with Crippen LogP contribution < -0.4 is 10.1 Å². The summed E-state index contributed by atoms with van der Waals surface area (Å²) in [7, 11) is 0. The number of thioether (sulfide) groups is 1. The van der Waals surface area contributed by atoms with Crippen molar-refractivity contribution in [2.24, 2.45) is 4.99 Å². The monoisotopic (exact) mass is 447 g/mol. The number of hydrogen-bond donors (Lipinski definition) is 1. The Morgan fingerprint density at radius 2 is 1.94 bits per heavy atom. The molecule has 1 saturated heterocycles. The van der Waals surface area contributed by atoms with Gasteiger partial charge in [-0.15, -0.1) is 0 Å². The number of halogens is 4. The molecule has 0 bridgehead atoms. The first-order valence-electron chi connectivity index (χ1n) is 9.10. The number of amidine groups is 1. The van der Waals surface area contributed by atoms with E-state index in [2.05, 4.69) is 10.3 Å². The van der Waals surface area contributed by atoms with Crippen LogP contribution in [0.25, 0.3) is 6.08 Å². The quantitative estimate of drug-likeness (QED) is 0.515. The summed E-state index contributed by atoms with van der Waals surface area (Å²) in [4.78, 5) is 16.7. The van der Waals surface area contributed by atoms with Gasteiger partial charge in [-0.3, -0.25) is 9.79 Å². The highest BCUT2D eigenvalue weighted by Gasteiger charge is 2.35. The number of nitrogens with zero attached hydrogens (tertiary/aromatic N) is 2. The molecule has 0 unspecified atom stereocenters. The van der Waals surface area contributed by atoms with Crippen LogP contribution in [-0.2, 0) is 11.0 Å². The second kappa shape index (κ2) is 8.07. The second-order valence-electron chi connectivity index (χ2n) is 6.84. The van der Waals surface area contributed by atoms with Crippen LogP contribution >= 0.6 is 11.8 Å². The van der Waals surface area contributed by atoms with Crippen LogP contribution in [0.2, 0.25) is 0 Å². The molecule has 2 aliphatic rings. The maximum Gasteiger partial charge on any atom is 0.420 e. The van der Waals surface area contributed by atoms with Gasteiger partial charge in [-0.1, -0.05) is 6.07 Å². The van der Waals surface area contributed by atoms with E-state index < -0.39 is 29.1 Å². The molecule has 158 valence electrons. The van der Waals surface area contributed by atoms with E-state index in [-0.39, 0.29) is 17.5 Å². The summed E-state index contributed by atoms with van der Waals surface area (Å²) < 4.78 is 59.5. The number of amides is 1. The fraction of sp³-hybridized carbons (Fsp3) is 0.190. The van der Waals surface area contributed by atoms with E-state index in [0.717, 1.165) is 42.8 Å². The number of carbonyl (C=O) groups excluding carboxylic acids is 1. The summed E-state index contributed by atoms with van der Waals surface area (Å²) in [6.45, 7) is 0. The zero-order valence-electron chi connectivity index (χ0n) is 15.7. The zero-order chi connectivity index (χ0) is 22.2. The van der Waals surface area contributed by atoms with Crippen molar-refractivity contribution in [1.29, 1.82) is 5.26 Å². The van der Waals surface area contributed by atoms with Gasteiger partial charge < -0.3 is 10.1 Å². The smallest absolute Gasteiger partial charge is 0.420 e. The van der Waals surface area contributed by atoms with Crippen LogP contribution in [0.5, 0.6) is 11.5 Å². The second-order valence-corrected chi connectivity index (χ2v) is 7.87. The number of hydrogen-bond acceptors (Lipinski definition) is 5. The number of rotatable bonds is 4. The molecular weight excluding hydrogens is 434 g/mol. The van der Waals surface area contributed by atoms with Crippen molar-refractivity contribution >= 4 is 28.9 Å². The molecule has 1 saturated carbocycles. The average Bonchev–Trinajstić information content (AvgIpc) is 3.46. The van der Waals surface area contributed by atoms with Crippen LogP contribution in [0, 0.1) is 17.1 Å². The van der Waals surface area contributed by atoms with Crippen LogP contribution in [0.15, 0.2) is 46.3 Å². The van der Waals surface area contributed by atoms with Gasteiger partial charge in [0.1, 0.15) is 5.75 Å². The van der Waals surface area contributed by atoms with Crippen molar-refractivity contribution in [2.75, 3.05) is 0 Å². The third-order valence-corrected chi connectivity index (χ3v) is 5.31. The van der Waals surface area contributed by atoms with Crippen LogP contribution in [0.3, 0.4) is 0 Å². The molecular formula is C21H13F4N3O2S.